The lowest BCUT2D eigenvalue weighted by molar-refractivity contribution is 0.0933. The van der Waals surface area contributed by atoms with E-state index in [1.54, 1.807) is 30.7 Å². The standard InChI is InChI=1S/C19H25N5O2/c20-8-2-12-26-17-6-4-15(5-7-17)19(25)23-16-3-1-11-24(14-16)18-13-21-9-10-22-18/h4-7,9-10,13,16H,1-3,8,11-12,14,20H2,(H,23,25). The quantitative estimate of drug-likeness (QED) is 0.733. The predicted octanol–water partition coefficient (Wildman–Crippen LogP) is 1.60. The molecule has 0 radical (unpaired) electrons. The normalized spacial score (nSPS) is 17.0. The van der Waals surface area contributed by atoms with Gasteiger partial charge in [0.05, 0.1) is 12.8 Å². The molecule has 2 aromatic rings. The van der Waals surface area contributed by atoms with E-state index in [4.69, 9.17) is 10.5 Å². The van der Waals surface area contributed by atoms with Crippen molar-refractivity contribution in [3.05, 3.63) is 48.4 Å². The van der Waals surface area contributed by atoms with Crippen LogP contribution in [0.1, 0.15) is 29.6 Å². The number of hydrogen-bond donors (Lipinski definition) is 2. The highest BCUT2D eigenvalue weighted by atomic mass is 16.5. The molecule has 1 atom stereocenters. The van der Waals surface area contributed by atoms with Gasteiger partial charge in [-0.3, -0.25) is 9.78 Å². The first kappa shape index (κ1) is 18.1. The Morgan fingerprint density at radius 1 is 1.31 bits per heavy atom. The average molecular weight is 355 g/mol. The van der Waals surface area contributed by atoms with Crippen LogP contribution in [-0.4, -0.2) is 48.2 Å². The van der Waals surface area contributed by atoms with Crippen LogP contribution >= 0.6 is 0 Å². The largest absolute Gasteiger partial charge is 0.494 e. The number of carbonyl (C=O) groups excluding carboxylic acids is 1. The first-order valence-electron chi connectivity index (χ1n) is 9.01. The van der Waals surface area contributed by atoms with Gasteiger partial charge >= 0.3 is 0 Å². The number of rotatable bonds is 7. The van der Waals surface area contributed by atoms with Crippen LogP contribution < -0.4 is 20.7 Å². The van der Waals surface area contributed by atoms with Gasteiger partial charge in [0, 0.05) is 37.1 Å². The maximum atomic E-state index is 12.5. The molecule has 0 aliphatic carbocycles. The zero-order valence-electron chi connectivity index (χ0n) is 14.8. The molecule has 1 fully saturated rings. The molecule has 138 valence electrons. The summed E-state index contributed by atoms with van der Waals surface area (Å²) in [7, 11) is 0. The highest BCUT2D eigenvalue weighted by Gasteiger charge is 2.22. The van der Waals surface area contributed by atoms with E-state index < -0.39 is 0 Å². The lowest BCUT2D eigenvalue weighted by Crippen LogP contribution is -2.48. The topological polar surface area (TPSA) is 93.4 Å². The number of ether oxygens (including phenoxy) is 1. The van der Waals surface area contributed by atoms with Gasteiger partial charge in [-0.15, -0.1) is 0 Å². The van der Waals surface area contributed by atoms with Gasteiger partial charge in [-0.1, -0.05) is 0 Å². The third kappa shape index (κ3) is 4.92. The monoisotopic (exact) mass is 355 g/mol. The minimum absolute atomic E-state index is 0.0653. The SMILES string of the molecule is NCCCOc1ccc(C(=O)NC2CCCN(c3cnccn3)C2)cc1. The van der Waals surface area contributed by atoms with Gasteiger partial charge in [0.15, 0.2) is 0 Å². The second kappa shape index (κ2) is 9.15. The van der Waals surface area contributed by atoms with Crippen LogP contribution in [0.5, 0.6) is 5.75 Å². The van der Waals surface area contributed by atoms with E-state index in [0.717, 1.165) is 43.9 Å². The number of amides is 1. The first-order valence-corrected chi connectivity index (χ1v) is 9.01. The number of nitrogens with one attached hydrogen (secondary N) is 1. The van der Waals surface area contributed by atoms with Crippen LogP contribution in [-0.2, 0) is 0 Å². The van der Waals surface area contributed by atoms with Crippen LogP contribution in [0.3, 0.4) is 0 Å². The highest BCUT2D eigenvalue weighted by molar-refractivity contribution is 5.94. The van der Waals surface area contributed by atoms with Crippen molar-refractivity contribution in [2.75, 3.05) is 31.1 Å². The summed E-state index contributed by atoms with van der Waals surface area (Å²) in [6.07, 6.45) is 7.89. The molecule has 1 aliphatic heterocycles. The molecule has 1 unspecified atom stereocenters. The molecular formula is C19H25N5O2. The molecule has 3 rings (SSSR count). The Balaban J connectivity index is 1.54. The van der Waals surface area contributed by atoms with E-state index in [9.17, 15) is 4.79 Å². The van der Waals surface area contributed by atoms with Crippen molar-refractivity contribution in [2.45, 2.75) is 25.3 Å². The molecule has 1 aliphatic rings. The van der Waals surface area contributed by atoms with E-state index in [2.05, 4.69) is 20.2 Å². The molecule has 1 amide bonds. The van der Waals surface area contributed by atoms with E-state index in [0.29, 0.717) is 18.7 Å². The van der Waals surface area contributed by atoms with Crippen LogP contribution in [0.25, 0.3) is 0 Å². The van der Waals surface area contributed by atoms with Gasteiger partial charge in [-0.25, -0.2) is 4.98 Å². The number of nitrogens with zero attached hydrogens (tertiary/aromatic N) is 3. The number of benzene rings is 1. The molecule has 0 bridgehead atoms. The van der Waals surface area contributed by atoms with Crippen molar-refractivity contribution in [1.82, 2.24) is 15.3 Å². The third-order valence-electron chi connectivity index (χ3n) is 4.36. The van der Waals surface area contributed by atoms with E-state index in [1.807, 2.05) is 12.1 Å². The molecule has 26 heavy (non-hydrogen) atoms. The minimum atomic E-state index is -0.0653. The fraction of sp³-hybridized carbons (Fsp3) is 0.421. The van der Waals surface area contributed by atoms with E-state index in [1.165, 1.54) is 0 Å². The Morgan fingerprint density at radius 3 is 2.88 bits per heavy atom. The van der Waals surface area contributed by atoms with Crippen molar-refractivity contribution in [3.63, 3.8) is 0 Å². The Morgan fingerprint density at radius 2 is 2.15 bits per heavy atom. The van der Waals surface area contributed by atoms with Gasteiger partial charge in [0.1, 0.15) is 11.6 Å². The van der Waals surface area contributed by atoms with Crippen LogP contribution in [0.2, 0.25) is 0 Å². The fourth-order valence-electron chi connectivity index (χ4n) is 3.00. The van der Waals surface area contributed by atoms with Crippen molar-refractivity contribution >= 4 is 11.7 Å². The Hall–Kier alpha value is -2.67. The van der Waals surface area contributed by atoms with E-state index >= 15 is 0 Å². The molecule has 0 saturated carbocycles. The van der Waals surface area contributed by atoms with Crippen molar-refractivity contribution in [1.29, 1.82) is 0 Å². The minimum Gasteiger partial charge on any atom is -0.494 e. The lowest BCUT2D eigenvalue weighted by Gasteiger charge is -2.33. The molecular weight excluding hydrogens is 330 g/mol. The fourth-order valence-corrected chi connectivity index (χ4v) is 3.00. The summed E-state index contributed by atoms with van der Waals surface area (Å²) in [5.41, 5.74) is 6.08. The molecule has 1 aromatic carbocycles. The number of hydrogen-bond acceptors (Lipinski definition) is 6. The predicted molar refractivity (Wildman–Crippen MR) is 100 cm³/mol. The summed E-state index contributed by atoms with van der Waals surface area (Å²) in [6.45, 7) is 2.86. The van der Waals surface area contributed by atoms with Crippen LogP contribution in [0.4, 0.5) is 5.82 Å². The van der Waals surface area contributed by atoms with Gasteiger partial charge in [-0.05, 0) is 50.1 Å². The second-order valence-electron chi connectivity index (χ2n) is 6.34. The maximum absolute atomic E-state index is 12.5. The molecule has 7 heteroatoms. The highest BCUT2D eigenvalue weighted by Crippen LogP contribution is 2.17. The summed E-state index contributed by atoms with van der Waals surface area (Å²) >= 11 is 0. The molecule has 0 spiro atoms. The maximum Gasteiger partial charge on any atom is 0.251 e. The number of carbonyl (C=O) groups is 1. The number of aromatic nitrogens is 2. The molecule has 1 saturated heterocycles. The molecule has 1 aromatic heterocycles. The summed E-state index contributed by atoms with van der Waals surface area (Å²) in [6, 6.07) is 7.31. The van der Waals surface area contributed by atoms with Gasteiger partial charge < -0.3 is 20.7 Å². The van der Waals surface area contributed by atoms with Crippen LogP contribution in [0.15, 0.2) is 42.9 Å². The summed E-state index contributed by atoms with van der Waals surface area (Å²) in [5, 5.41) is 3.12. The number of nitrogens with two attached hydrogens (primary N) is 1. The van der Waals surface area contributed by atoms with Crippen LogP contribution in [0, 0.1) is 0 Å². The number of anilines is 1. The lowest BCUT2D eigenvalue weighted by atomic mass is 10.0. The van der Waals surface area contributed by atoms with Gasteiger partial charge in [-0.2, -0.15) is 0 Å². The first-order chi connectivity index (χ1) is 12.8. The second-order valence-corrected chi connectivity index (χ2v) is 6.34. The smallest absolute Gasteiger partial charge is 0.251 e. The molecule has 7 nitrogen and oxygen atoms in total. The number of piperidine rings is 1. The van der Waals surface area contributed by atoms with Gasteiger partial charge in [0.2, 0.25) is 0 Å². The summed E-state index contributed by atoms with van der Waals surface area (Å²) < 4.78 is 5.56. The zero-order valence-corrected chi connectivity index (χ0v) is 14.8. The van der Waals surface area contributed by atoms with E-state index in [-0.39, 0.29) is 11.9 Å². The Kier molecular flexibility index (Phi) is 6.38. The Bertz CT molecular complexity index is 693. The van der Waals surface area contributed by atoms with Gasteiger partial charge in [0.25, 0.3) is 5.91 Å². The summed E-state index contributed by atoms with van der Waals surface area (Å²) in [5.74, 6) is 1.54. The zero-order chi connectivity index (χ0) is 18.2. The summed E-state index contributed by atoms with van der Waals surface area (Å²) in [4.78, 5) is 23.1. The third-order valence-corrected chi connectivity index (χ3v) is 4.36. The molecule has 2 heterocycles. The Labute approximate surface area is 153 Å². The molecule has 3 N–H and O–H groups in total. The van der Waals surface area contributed by atoms with Crippen molar-refractivity contribution in [2.24, 2.45) is 5.73 Å². The average Bonchev–Trinajstić information content (AvgIpc) is 2.69. The van der Waals surface area contributed by atoms with Crippen molar-refractivity contribution < 1.29 is 9.53 Å². The van der Waals surface area contributed by atoms with Crippen molar-refractivity contribution in [3.8, 4) is 5.75 Å².